The van der Waals surface area contributed by atoms with Crippen molar-refractivity contribution in [2.45, 2.75) is 193 Å². The zero-order valence-corrected chi connectivity index (χ0v) is 30.7. The third-order valence-electron chi connectivity index (χ3n) is 8.21. The molecule has 0 fully saturated rings. The van der Waals surface area contributed by atoms with Gasteiger partial charge >= 0.3 is 11.9 Å². The lowest BCUT2D eigenvalue weighted by molar-refractivity contribution is -0.228. The molecular formula is C36H71NO8P-. The van der Waals surface area contributed by atoms with Crippen LogP contribution in [0.3, 0.4) is 0 Å². The highest BCUT2D eigenvalue weighted by molar-refractivity contribution is 7.45. The number of carbonyl (C=O) groups excluding carboxylic acids is 2. The Labute approximate surface area is 282 Å². The molecule has 9 nitrogen and oxygen atoms in total. The second-order valence-electron chi connectivity index (χ2n) is 12.8. The van der Waals surface area contributed by atoms with E-state index in [0.717, 1.165) is 32.1 Å². The van der Waals surface area contributed by atoms with Gasteiger partial charge in [0, 0.05) is 12.8 Å². The van der Waals surface area contributed by atoms with Crippen molar-refractivity contribution >= 4 is 19.8 Å². The van der Waals surface area contributed by atoms with Gasteiger partial charge in [0.1, 0.15) is 6.61 Å². The molecular weight excluding hydrogens is 605 g/mol. The second-order valence-corrected chi connectivity index (χ2v) is 14.2. The number of nitrogens with two attached hydrogens (primary N) is 1. The standard InChI is InChI=1S/C36H72NO8P/c1-3-5-7-9-11-13-15-17-19-21-23-25-29-36(39)45-34(33-44-46(40,41)43-31-27-26-30-37)32-42-35(38)28-24-22-20-18-16-14-12-10-8-6-4-2/h34H,3-33,37H2,1-2H3,(H,40,41)/p-1/t34-/m0/s1. The first-order valence-corrected chi connectivity index (χ1v) is 20.5. The summed E-state index contributed by atoms with van der Waals surface area (Å²) < 4.78 is 32.8. The maximum absolute atomic E-state index is 12.5. The van der Waals surface area contributed by atoms with Gasteiger partial charge in [0.25, 0.3) is 7.82 Å². The summed E-state index contributed by atoms with van der Waals surface area (Å²) in [5.74, 6) is -0.840. The highest BCUT2D eigenvalue weighted by Crippen LogP contribution is 2.38. The topological polar surface area (TPSA) is 137 Å². The van der Waals surface area contributed by atoms with Crippen molar-refractivity contribution in [2.75, 3.05) is 26.4 Å². The minimum atomic E-state index is -4.59. The molecule has 0 rings (SSSR count). The number of hydrogen-bond donors (Lipinski definition) is 1. The van der Waals surface area contributed by atoms with Crippen molar-refractivity contribution in [1.82, 2.24) is 0 Å². The van der Waals surface area contributed by atoms with Gasteiger partial charge in [-0.2, -0.15) is 0 Å². The van der Waals surface area contributed by atoms with Gasteiger partial charge in [-0.3, -0.25) is 14.2 Å². The van der Waals surface area contributed by atoms with Crippen molar-refractivity contribution in [3.8, 4) is 0 Å². The smallest absolute Gasteiger partial charge is 0.306 e. The van der Waals surface area contributed by atoms with Crippen molar-refractivity contribution < 1.29 is 37.6 Å². The van der Waals surface area contributed by atoms with E-state index in [2.05, 4.69) is 13.8 Å². The van der Waals surface area contributed by atoms with Gasteiger partial charge < -0.3 is 29.1 Å². The van der Waals surface area contributed by atoms with E-state index in [1.54, 1.807) is 0 Å². The number of rotatable bonds is 36. The van der Waals surface area contributed by atoms with E-state index in [1.165, 1.54) is 109 Å². The molecule has 2 atom stereocenters. The largest absolute Gasteiger partial charge is 0.756 e. The Morgan fingerprint density at radius 3 is 1.41 bits per heavy atom. The van der Waals surface area contributed by atoms with Gasteiger partial charge in [-0.05, 0) is 32.2 Å². The first-order valence-electron chi connectivity index (χ1n) is 19.0. The predicted molar refractivity (Wildman–Crippen MR) is 185 cm³/mol. The molecule has 0 aliphatic heterocycles. The lowest BCUT2D eigenvalue weighted by Crippen LogP contribution is -2.30. The van der Waals surface area contributed by atoms with Crippen LogP contribution in [0.15, 0.2) is 0 Å². The van der Waals surface area contributed by atoms with Gasteiger partial charge in [-0.15, -0.1) is 0 Å². The van der Waals surface area contributed by atoms with E-state index in [-0.39, 0.29) is 32.0 Å². The molecule has 0 aliphatic rings. The average Bonchev–Trinajstić information content (AvgIpc) is 3.03. The zero-order chi connectivity index (χ0) is 34.0. The molecule has 46 heavy (non-hydrogen) atoms. The molecule has 2 N–H and O–H groups in total. The Morgan fingerprint density at radius 1 is 0.565 bits per heavy atom. The third-order valence-corrected chi connectivity index (χ3v) is 9.18. The molecule has 0 aromatic heterocycles. The summed E-state index contributed by atoms with van der Waals surface area (Å²) in [6.45, 7) is 4.16. The molecule has 0 bridgehead atoms. The molecule has 0 radical (unpaired) electrons. The molecule has 0 aliphatic carbocycles. The SMILES string of the molecule is CCCCCCCCCCCCCCC(=O)O[C@@H](COC(=O)CCCCCCCCCCCCC)COP(=O)([O-])OCCCCN. The number of hydrogen-bond acceptors (Lipinski definition) is 9. The van der Waals surface area contributed by atoms with Crippen molar-refractivity contribution in [2.24, 2.45) is 5.73 Å². The van der Waals surface area contributed by atoms with Crippen LogP contribution in [-0.2, 0) is 32.7 Å². The van der Waals surface area contributed by atoms with E-state index in [4.69, 9.17) is 24.3 Å². The van der Waals surface area contributed by atoms with Crippen LogP contribution in [0.2, 0.25) is 0 Å². The number of phosphoric ester groups is 1. The lowest BCUT2D eigenvalue weighted by Gasteiger charge is -2.25. The van der Waals surface area contributed by atoms with Crippen LogP contribution in [0.5, 0.6) is 0 Å². The first kappa shape index (κ1) is 45.0. The molecule has 0 saturated carbocycles. The fraction of sp³-hybridized carbons (Fsp3) is 0.944. The Kier molecular flexibility index (Phi) is 33.2. The molecule has 274 valence electrons. The van der Waals surface area contributed by atoms with Crippen LogP contribution < -0.4 is 10.6 Å². The fourth-order valence-electron chi connectivity index (χ4n) is 5.30. The molecule has 0 heterocycles. The van der Waals surface area contributed by atoms with Crippen molar-refractivity contribution in [3.05, 3.63) is 0 Å². The monoisotopic (exact) mass is 676 g/mol. The maximum Gasteiger partial charge on any atom is 0.306 e. The summed E-state index contributed by atoms with van der Waals surface area (Å²) in [5, 5.41) is 0. The Morgan fingerprint density at radius 2 is 0.978 bits per heavy atom. The highest BCUT2D eigenvalue weighted by atomic mass is 31.2. The highest BCUT2D eigenvalue weighted by Gasteiger charge is 2.21. The number of phosphoric acid groups is 1. The van der Waals surface area contributed by atoms with Crippen LogP contribution in [0.1, 0.15) is 187 Å². The number of esters is 2. The van der Waals surface area contributed by atoms with Crippen LogP contribution in [0.25, 0.3) is 0 Å². The molecule has 0 aromatic rings. The van der Waals surface area contributed by atoms with E-state index in [0.29, 0.717) is 25.8 Å². The Hall–Kier alpha value is -0.990. The van der Waals surface area contributed by atoms with Gasteiger partial charge in [-0.25, -0.2) is 0 Å². The molecule has 0 saturated heterocycles. The summed E-state index contributed by atoms with van der Waals surface area (Å²) in [7, 11) is -4.59. The van der Waals surface area contributed by atoms with Crippen LogP contribution >= 0.6 is 7.82 Å². The quantitative estimate of drug-likeness (QED) is 0.0391. The summed E-state index contributed by atoms with van der Waals surface area (Å²) in [6.07, 6.45) is 28.0. The second kappa shape index (κ2) is 33.9. The number of unbranched alkanes of at least 4 members (excludes halogenated alkanes) is 22. The van der Waals surface area contributed by atoms with E-state index < -0.39 is 26.5 Å². The van der Waals surface area contributed by atoms with Gasteiger partial charge in [0.15, 0.2) is 6.10 Å². The van der Waals surface area contributed by atoms with Gasteiger partial charge in [0.05, 0.1) is 13.2 Å². The van der Waals surface area contributed by atoms with E-state index >= 15 is 0 Å². The fourth-order valence-corrected chi connectivity index (χ4v) is 6.07. The molecule has 10 heteroatoms. The van der Waals surface area contributed by atoms with Crippen molar-refractivity contribution in [3.63, 3.8) is 0 Å². The Balaban J connectivity index is 4.34. The zero-order valence-electron chi connectivity index (χ0n) is 29.8. The summed E-state index contributed by atoms with van der Waals surface area (Å²) in [6, 6.07) is 0. The molecule has 0 aromatic carbocycles. The number of carbonyl (C=O) groups is 2. The number of ether oxygens (including phenoxy) is 2. The molecule has 0 spiro atoms. The molecule has 0 amide bonds. The maximum atomic E-state index is 12.5. The predicted octanol–water partition coefficient (Wildman–Crippen LogP) is 9.47. The summed E-state index contributed by atoms with van der Waals surface area (Å²) >= 11 is 0. The Bertz CT molecular complexity index is 739. The van der Waals surface area contributed by atoms with Crippen molar-refractivity contribution in [1.29, 1.82) is 0 Å². The first-order chi connectivity index (χ1) is 22.3. The minimum Gasteiger partial charge on any atom is -0.756 e. The summed E-state index contributed by atoms with van der Waals surface area (Å²) in [5.41, 5.74) is 5.43. The molecule has 1 unspecified atom stereocenters. The van der Waals surface area contributed by atoms with E-state index in [9.17, 15) is 19.0 Å². The van der Waals surface area contributed by atoms with Crippen LogP contribution in [0, 0.1) is 0 Å². The summed E-state index contributed by atoms with van der Waals surface area (Å²) in [4.78, 5) is 37.0. The van der Waals surface area contributed by atoms with Crippen LogP contribution in [0.4, 0.5) is 0 Å². The van der Waals surface area contributed by atoms with Gasteiger partial charge in [0.2, 0.25) is 0 Å². The third kappa shape index (κ3) is 32.9. The average molecular weight is 677 g/mol. The van der Waals surface area contributed by atoms with Crippen LogP contribution in [-0.4, -0.2) is 44.4 Å². The normalized spacial score (nSPS) is 13.4. The minimum absolute atomic E-state index is 0.0324. The lowest BCUT2D eigenvalue weighted by atomic mass is 10.0. The van der Waals surface area contributed by atoms with E-state index in [1.807, 2.05) is 0 Å². The van der Waals surface area contributed by atoms with Gasteiger partial charge in [-0.1, -0.05) is 149 Å².